The van der Waals surface area contributed by atoms with Crippen molar-refractivity contribution in [3.63, 3.8) is 0 Å². The molecule has 2 unspecified atom stereocenters. The Hall–Kier alpha value is -2.47. The minimum absolute atomic E-state index is 0.0550. The lowest BCUT2D eigenvalue weighted by atomic mass is 9.82. The maximum Gasteiger partial charge on any atom is 0.253 e. The zero-order valence-corrected chi connectivity index (χ0v) is 16.0. The summed E-state index contributed by atoms with van der Waals surface area (Å²) in [7, 11) is 0. The molecular weight excluding hydrogens is 352 g/mol. The van der Waals surface area contributed by atoms with E-state index in [2.05, 4.69) is 9.88 Å². The molecule has 3 aliphatic rings. The molecule has 0 bridgehead atoms. The van der Waals surface area contributed by atoms with Gasteiger partial charge in [0.1, 0.15) is 0 Å². The summed E-state index contributed by atoms with van der Waals surface area (Å²) in [5.41, 5.74) is 2.90. The monoisotopic (exact) mass is 378 g/mol. The standard InChI is InChI=1S/C22H26N4O2/c27-15-22-13-25(20(28)16-6-2-1-3-7-16)11-18(22)12-26(14-22)21-23-10-17-8-4-5-9-19(17)24-21/h1-3,6-7,10,18,27H,4-5,8-9,11-15H2. The highest BCUT2D eigenvalue weighted by molar-refractivity contribution is 5.94. The smallest absolute Gasteiger partial charge is 0.253 e. The largest absolute Gasteiger partial charge is 0.396 e. The van der Waals surface area contributed by atoms with Gasteiger partial charge >= 0.3 is 0 Å². The van der Waals surface area contributed by atoms with Crippen LogP contribution in [0.25, 0.3) is 0 Å². The van der Waals surface area contributed by atoms with E-state index in [0.717, 1.165) is 25.3 Å². The van der Waals surface area contributed by atoms with Gasteiger partial charge in [0.15, 0.2) is 0 Å². The molecule has 1 aromatic carbocycles. The molecule has 2 aliphatic heterocycles. The third-order valence-electron chi connectivity index (χ3n) is 6.72. The highest BCUT2D eigenvalue weighted by Crippen LogP contribution is 2.43. The zero-order chi connectivity index (χ0) is 19.1. The molecule has 0 saturated carbocycles. The van der Waals surface area contributed by atoms with E-state index < -0.39 is 0 Å². The number of carbonyl (C=O) groups excluding carboxylic acids is 1. The van der Waals surface area contributed by atoms with Crippen LogP contribution in [-0.4, -0.2) is 58.7 Å². The van der Waals surface area contributed by atoms with Crippen LogP contribution in [0.2, 0.25) is 0 Å². The van der Waals surface area contributed by atoms with E-state index >= 15 is 0 Å². The summed E-state index contributed by atoms with van der Waals surface area (Å²) in [5.74, 6) is 1.08. The van der Waals surface area contributed by atoms with Gasteiger partial charge in [0, 0.05) is 55.0 Å². The Kier molecular flexibility index (Phi) is 4.31. The molecule has 1 aromatic heterocycles. The molecule has 3 heterocycles. The predicted molar refractivity (Wildman–Crippen MR) is 106 cm³/mol. The number of amides is 1. The van der Waals surface area contributed by atoms with Gasteiger partial charge in [0.05, 0.1) is 6.61 Å². The minimum Gasteiger partial charge on any atom is -0.396 e. The van der Waals surface area contributed by atoms with Crippen molar-refractivity contribution in [1.82, 2.24) is 14.9 Å². The van der Waals surface area contributed by atoms with Crippen LogP contribution in [0.3, 0.4) is 0 Å². The number of nitrogens with zero attached hydrogens (tertiary/aromatic N) is 4. The van der Waals surface area contributed by atoms with Crippen LogP contribution in [0.4, 0.5) is 5.95 Å². The van der Waals surface area contributed by atoms with Crippen LogP contribution in [0, 0.1) is 11.3 Å². The van der Waals surface area contributed by atoms with Crippen molar-refractivity contribution in [2.45, 2.75) is 25.7 Å². The molecule has 2 aromatic rings. The molecule has 28 heavy (non-hydrogen) atoms. The minimum atomic E-state index is -0.288. The number of benzene rings is 1. The van der Waals surface area contributed by atoms with Gasteiger partial charge in [-0.3, -0.25) is 4.79 Å². The van der Waals surface area contributed by atoms with Crippen molar-refractivity contribution in [1.29, 1.82) is 0 Å². The van der Waals surface area contributed by atoms with E-state index in [1.807, 2.05) is 41.4 Å². The first-order valence-electron chi connectivity index (χ1n) is 10.2. The van der Waals surface area contributed by atoms with Crippen LogP contribution in [0.1, 0.15) is 34.5 Å². The molecule has 6 nitrogen and oxygen atoms in total. The maximum absolute atomic E-state index is 12.9. The quantitative estimate of drug-likeness (QED) is 0.884. The van der Waals surface area contributed by atoms with Gasteiger partial charge in [0.25, 0.3) is 5.91 Å². The molecule has 1 aliphatic carbocycles. The predicted octanol–water partition coefficient (Wildman–Crippen LogP) is 1.93. The summed E-state index contributed by atoms with van der Waals surface area (Å²) in [5, 5.41) is 10.2. The molecule has 146 valence electrons. The SMILES string of the molecule is O=C(c1ccccc1)N1CC2CN(c3ncc4c(n3)CCCC4)CC2(CO)C1. The topological polar surface area (TPSA) is 69.6 Å². The fourth-order valence-corrected chi connectivity index (χ4v) is 5.09. The van der Waals surface area contributed by atoms with E-state index in [0.29, 0.717) is 25.2 Å². The van der Waals surface area contributed by atoms with Crippen molar-refractivity contribution in [2.75, 3.05) is 37.7 Å². The van der Waals surface area contributed by atoms with Crippen LogP contribution >= 0.6 is 0 Å². The molecule has 2 atom stereocenters. The second-order valence-electron chi connectivity index (χ2n) is 8.50. The summed E-state index contributed by atoms with van der Waals surface area (Å²) < 4.78 is 0. The first-order chi connectivity index (χ1) is 13.7. The van der Waals surface area contributed by atoms with Gasteiger partial charge in [-0.1, -0.05) is 18.2 Å². The number of rotatable bonds is 3. The number of aliphatic hydroxyl groups excluding tert-OH is 1. The summed E-state index contributed by atoms with van der Waals surface area (Å²) in [6.07, 6.45) is 6.52. The van der Waals surface area contributed by atoms with Crippen LogP contribution < -0.4 is 4.90 Å². The molecule has 6 heteroatoms. The van der Waals surface area contributed by atoms with E-state index in [-0.39, 0.29) is 23.8 Å². The van der Waals surface area contributed by atoms with E-state index in [1.54, 1.807) is 0 Å². The second-order valence-corrected chi connectivity index (χ2v) is 8.50. The molecule has 1 N–H and O–H groups in total. The third-order valence-corrected chi connectivity index (χ3v) is 6.72. The Bertz CT molecular complexity index is 887. The Morgan fingerprint density at radius 1 is 1.14 bits per heavy atom. The lowest BCUT2D eigenvalue weighted by molar-refractivity contribution is 0.0748. The third kappa shape index (κ3) is 2.87. The molecule has 2 saturated heterocycles. The number of fused-ring (bicyclic) bond motifs is 2. The lowest BCUT2D eigenvalue weighted by Crippen LogP contribution is -2.39. The van der Waals surface area contributed by atoms with Crippen molar-refractivity contribution >= 4 is 11.9 Å². The van der Waals surface area contributed by atoms with Gasteiger partial charge in [-0.15, -0.1) is 0 Å². The Morgan fingerprint density at radius 3 is 2.75 bits per heavy atom. The number of hydrogen-bond donors (Lipinski definition) is 1. The van der Waals surface area contributed by atoms with Crippen molar-refractivity contribution in [3.05, 3.63) is 53.3 Å². The number of hydrogen-bond acceptors (Lipinski definition) is 5. The fraction of sp³-hybridized carbons (Fsp3) is 0.500. The summed E-state index contributed by atoms with van der Waals surface area (Å²) in [6, 6.07) is 9.41. The lowest BCUT2D eigenvalue weighted by Gasteiger charge is -2.27. The molecular formula is C22H26N4O2. The van der Waals surface area contributed by atoms with Gasteiger partial charge in [-0.25, -0.2) is 9.97 Å². The Morgan fingerprint density at radius 2 is 1.96 bits per heavy atom. The number of aryl methyl sites for hydroxylation is 2. The van der Waals surface area contributed by atoms with Crippen LogP contribution in [0.5, 0.6) is 0 Å². The summed E-state index contributed by atoms with van der Waals surface area (Å²) >= 11 is 0. The Labute approximate surface area is 165 Å². The summed E-state index contributed by atoms with van der Waals surface area (Å²) in [4.78, 5) is 26.4. The first-order valence-corrected chi connectivity index (χ1v) is 10.2. The van der Waals surface area contributed by atoms with Crippen molar-refractivity contribution < 1.29 is 9.90 Å². The molecule has 5 rings (SSSR count). The Balaban J connectivity index is 1.34. The highest BCUT2D eigenvalue weighted by Gasteiger charge is 2.53. The molecule has 0 radical (unpaired) electrons. The number of anilines is 1. The molecule has 0 spiro atoms. The number of carbonyl (C=O) groups is 1. The number of likely N-dealkylation sites (tertiary alicyclic amines) is 1. The average molecular weight is 378 g/mol. The first kappa shape index (κ1) is 17.6. The average Bonchev–Trinajstić information content (AvgIpc) is 3.28. The number of aliphatic hydroxyl groups is 1. The second kappa shape index (κ2) is 6.85. The normalized spacial score (nSPS) is 26.2. The van der Waals surface area contributed by atoms with Crippen LogP contribution in [-0.2, 0) is 12.8 Å². The van der Waals surface area contributed by atoms with Crippen molar-refractivity contribution in [3.8, 4) is 0 Å². The number of aromatic nitrogens is 2. The maximum atomic E-state index is 12.9. The van der Waals surface area contributed by atoms with Crippen LogP contribution in [0.15, 0.2) is 36.5 Å². The summed E-state index contributed by atoms with van der Waals surface area (Å²) in [6.45, 7) is 2.83. The van der Waals surface area contributed by atoms with E-state index in [9.17, 15) is 9.90 Å². The van der Waals surface area contributed by atoms with Gasteiger partial charge < -0.3 is 14.9 Å². The van der Waals surface area contributed by atoms with E-state index in [4.69, 9.17) is 4.98 Å². The van der Waals surface area contributed by atoms with E-state index in [1.165, 1.54) is 24.1 Å². The van der Waals surface area contributed by atoms with Gasteiger partial charge in [-0.05, 0) is 43.4 Å². The van der Waals surface area contributed by atoms with Gasteiger partial charge in [-0.2, -0.15) is 0 Å². The zero-order valence-electron chi connectivity index (χ0n) is 16.0. The van der Waals surface area contributed by atoms with Crippen molar-refractivity contribution in [2.24, 2.45) is 11.3 Å². The fourth-order valence-electron chi connectivity index (χ4n) is 5.09. The molecule has 1 amide bonds. The van der Waals surface area contributed by atoms with Gasteiger partial charge in [0.2, 0.25) is 5.95 Å². The molecule has 2 fully saturated rings. The highest BCUT2D eigenvalue weighted by atomic mass is 16.3.